The van der Waals surface area contributed by atoms with Gasteiger partial charge >= 0.3 is 0 Å². The number of hydrogen-bond acceptors (Lipinski definition) is 1. The lowest BCUT2D eigenvalue weighted by atomic mass is 10.2. The van der Waals surface area contributed by atoms with Crippen LogP contribution in [-0.2, 0) is 0 Å². The summed E-state index contributed by atoms with van der Waals surface area (Å²) in [6.45, 7) is 4.08. The zero-order valence-corrected chi connectivity index (χ0v) is 8.61. The average molecular weight is 180 g/mol. The summed E-state index contributed by atoms with van der Waals surface area (Å²) in [6.07, 6.45) is 14.5. The van der Waals surface area contributed by atoms with Crippen molar-refractivity contribution in [2.24, 2.45) is 0 Å². The van der Waals surface area contributed by atoms with Crippen molar-refractivity contribution in [1.82, 2.24) is 0 Å². The van der Waals surface area contributed by atoms with Gasteiger partial charge in [-0.3, -0.25) is 0 Å². The number of rotatable bonds is 6. The molecule has 0 aromatic heterocycles. The molecule has 13 heavy (non-hydrogen) atoms. The minimum Gasteiger partial charge on any atom is -0.385 e. The fraction of sp³-hybridized carbons (Fsp3) is 0.500. The second-order valence-corrected chi connectivity index (χ2v) is 2.97. The molecule has 0 aromatic rings. The minimum absolute atomic E-state index is 0.444. The standard InChI is InChI=1S/C12H20O/c1-3-5-6-7-8-9-11-12(13)10-4-2/h4,7-13H,3,5-6H2,1-2H3/b8-7+,10-4-,11-9+. The van der Waals surface area contributed by atoms with Crippen molar-refractivity contribution >= 4 is 0 Å². The van der Waals surface area contributed by atoms with Crippen molar-refractivity contribution in [2.75, 3.05) is 0 Å². The first-order valence-electron chi connectivity index (χ1n) is 4.95. The molecule has 0 saturated heterocycles. The van der Waals surface area contributed by atoms with Crippen LogP contribution in [0.1, 0.15) is 33.1 Å². The van der Waals surface area contributed by atoms with Gasteiger partial charge in [-0.2, -0.15) is 0 Å². The van der Waals surface area contributed by atoms with E-state index in [1.54, 1.807) is 12.2 Å². The Morgan fingerprint density at radius 3 is 2.62 bits per heavy atom. The van der Waals surface area contributed by atoms with E-state index in [-0.39, 0.29) is 0 Å². The Morgan fingerprint density at radius 1 is 1.23 bits per heavy atom. The first kappa shape index (κ1) is 12.2. The molecule has 0 spiro atoms. The average Bonchev–Trinajstić information content (AvgIpc) is 2.11. The molecule has 0 aliphatic rings. The predicted octanol–water partition coefficient (Wildman–Crippen LogP) is 3.23. The highest BCUT2D eigenvalue weighted by molar-refractivity contribution is 5.08. The lowest BCUT2D eigenvalue weighted by Gasteiger charge is -1.93. The third-order valence-electron chi connectivity index (χ3n) is 1.67. The molecule has 1 heteroatoms. The van der Waals surface area contributed by atoms with Crippen molar-refractivity contribution in [1.29, 1.82) is 0 Å². The molecule has 1 N–H and O–H groups in total. The van der Waals surface area contributed by atoms with Gasteiger partial charge in [0.25, 0.3) is 0 Å². The van der Waals surface area contributed by atoms with E-state index >= 15 is 0 Å². The summed E-state index contributed by atoms with van der Waals surface area (Å²) in [5.41, 5.74) is 0. The summed E-state index contributed by atoms with van der Waals surface area (Å²) < 4.78 is 0. The van der Waals surface area contributed by atoms with Crippen LogP contribution < -0.4 is 0 Å². The Labute approximate surface area is 81.5 Å². The summed E-state index contributed by atoms with van der Waals surface area (Å²) in [5, 5.41) is 9.24. The SMILES string of the molecule is C/C=C\C(O)/C=C/C=C/CCCC. The largest absolute Gasteiger partial charge is 0.385 e. The number of unbranched alkanes of at least 4 members (excludes halogenated alkanes) is 2. The van der Waals surface area contributed by atoms with Gasteiger partial charge in [-0.15, -0.1) is 0 Å². The molecule has 0 radical (unpaired) electrons. The van der Waals surface area contributed by atoms with Crippen LogP contribution in [0.4, 0.5) is 0 Å². The molecule has 0 fully saturated rings. The molecule has 0 heterocycles. The van der Waals surface area contributed by atoms with Gasteiger partial charge in [-0.05, 0) is 13.3 Å². The van der Waals surface area contributed by atoms with Gasteiger partial charge in [0, 0.05) is 0 Å². The van der Waals surface area contributed by atoms with Gasteiger partial charge in [0.2, 0.25) is 0 Å². The van der Waals surface area contributed by atoms with Crippen molar-refractivity contribution in [2.45, 2.75) is 39.2 Å². The van der Waals surface area contributed by atoms with Crippen LogP contribution in [0.15, 0.2) is 36.5 Å². The monoisotopic (exact) mass is 180 g/mol. The molecular weight excluding hydrogens is 160 g/mol. The van der Waals surface area contributed by atoms with Crippen molar-refractivity contribution < 1.29 is 5.11 Å². The maximum atomic E-state index is 9.24. The quantitative estimate of drug-likeness (QED) is 0.378. The van der Waals surface area contributed by atoms with Crippen LogP contribution in [0, 0.1) is 0 Å². The Morgan fingerprint density at radius 2 is 2.00 bits per heavy atom. The fourth-order valence-electron chi connectivity index (χ4n) is 0.936. The number of aliphatic hydroxyl groups is 1. The van der Waals surface area contributed by atoms with Crippen LogP contribution in [-0.4, -0.2) is 11.2 Å². The van der Waals surface area contributed by atoms with E-state index in [9.17, 15) is 5.11 Å². The highest BCUT2D eigenvalue weighted by Gasteiger charge is 1.86. The fourth-order valence-corrected chi connectivity index (χ4v) is 0.936. The lowest BCUT2D eigenvalue weighted by molar-refractivity contribution is 0.271. The van der Waals surface area contributed by atoms with Gasteiger partial charge in [-0.25, -0.2) is 0 Å². The number of aliphatic hydroxyl groups excluding tert-OH is 1. The Hall–Kier alpha value is -0.820. The second-order valence-electron chi connectivity index (χ2n) is 2.97. The zero-order chi connectivity index (χ0) is 9.94. The lowest BCUT2D eigenvalue weighted by Crippen LogP contribution is -1.94. The van der Waals surface area contributed by atoms with E-state index in [1.165, 1.54) is 12.8 Å². The van der Waals surface area contributed by atoms with Crippen molar-refractivity contribution in [3.8, 4) is 0 Å². The van der Waals surface area contributed by atoms with Gasteiger partial charge in [-0.1, -0.05) is 56.2 Å². The van der Waals surface area contributed by atoms with Gasteiger partial charge < -0.3 is 5.11 Å². The maximum absolute atomic E-state index is 9.24. The van der Waals surface area contributed by atoms with Gasteiger partial charge in [0.15, 0.2) is 0 Å². The first-order chi connectivity index (χ1) is 6.31. The van der Waals surface area contributed by atoms with Crippen LogP contribution >= 0.6 is 0 Å². The van der Waals surface area contributed by atoms with Gasteiger partial charge in [0.1, 0.15) is 0 Å². The summed E-state index contributed by atoms with van der Waals surface area (Å²) in [7, 11) is 0. The Kier molecular flexibility index (Phi) is 8.68. The van der Waals surface area contributed by atoms with Gasteiger partial charge in [0.05, 0.1) is 6.10 Å². The van der Waals surface area contributed by atoms with Crippen molar-refractivity contribution in [3.63, 3.8) is 0 Å². The molecule has 1 nitrogen and oxygen atoms in total. The maximum Gasteiger partial charge on any atom is 0.0905 e. The van der Waals surface area contributed by atoms with Crippen LogP contribution in [0.5, 0.6) is 0 Å². The first-order valence-corrected chi connectivity index (χ1v) is 4.95. The van der Waals surface area contributed by atoms with E-state index in [4.69, 9.17) is 0 Å². The summed E-state index contributed by atoms with van der Waals surface area (Å²) >= 11 is 0. The van der Waals surface area contributed by atoms with E-state index in [1.807, 2.05) is 25.2 Å². The third-order valence-corrected chi connectivity index (χ3v) is 1.67. The molecule has 74 valence electrons. The topological polar surface area (TPSA) is 20.2 Å². The molecule has 0 saturated carbocycles. The second kappa shape index (κ2) is 9.27. The Balaban J connectivity index is 3.55. The van der Waals surface area contributed by atoms with Crippen LogP contribution in [0.25, 0.3) is 0 Å². The molecule has 0 rings (SSSR count). The van der Waals surface area contributed by atoms with E-state index in [0.717, 1.165) is 6.42 Å². The van der Waals surface area contributed by atoms with E-state index in [0.29, 0.717) is 0 Å². The predicted molar refractivity (Wildman–Crippen MR) is 58.6 cm³/mol. The normalized spacial score (nSPS) is 15.0. The highest BCUT2D eigenvalue weighted by atomic mass is 16.3. The molecule has 0 bridgehead atoms. The third kappa shape index (κ3) is 9.09. The molecule has 0 aromatic carbocycles. The van der Waals surface area contributed by atoms with E-state index < -0.39 is 6.10 Å². The molecule has 1 atom stereocenters. The number of allylic oxidation sites excluding steroid dienone is 4. The summed E-state index contributed by atoms with van der Waals surface area (Å²) in [4.78, 5) is 0. The van der Waals surface area contributed by atoms with Crippen LogP contribution in [0.2, 0.25) is 0 Å². The molecule has 0 amide bonds. The molecule has 1 unspecified atom stereocenters. The highest BCUT2D eigenvalue weighted by Crippen LogP contribution is 1.95. The van der Waals surface area contributed by atoms with E-state index in [2.05, 4.69) is 13.0 Å². The molecular formula is C12H20O. The van der Waals surface area contributed by atoms with Crippen LogP contribution in [0.3, 0.4) is 0 Å². The smallest absolute Gasteiger partial charge is 0.0905 e. The van der Waals surface area contributed by atoms with Crippen molar-refractivity contribution in [3.05, 3.63) is 36.5 Å². The number of hydrogen-bond donors (Lipinski definition) is 1. The Bertz CT molecular complexity index is 178. The summed E-state index contributed by atoms with van der Waals surface area (Å²) in [5.74, 6) is 0. The summed E-state index contributed by atoms with van der Waals surface area (Å²) in [6, 6.07) is 0. The molecule has 0 aliphatic heterocycles. The minimum atomic E-state index is -0.444. The zero-order valence-electron chi connectivity index (χ0n) is 8.61. The molecule has 0 aliphatic carbocycles.